The average molecular weight is 211 g/mol. The van der Waals surface area contributed by atoms with Crippen molar-refractivity contribution in [3.8, 4) is 0 Å². The smallest absolute Gasteiger partial charge is 0.108 e. The molecule has 2 N–H and O–H groups in total. The Morgan fingerprint density at radius 3 is 2.56 bits per heavy atom. The summed E-state index contributed by atoms with van der Waals surface area (Å²) in [6.07, 6.45) is 0.0665. The first kappa shape index (κ1) is 9.43. The molecule has 1 unspecified atom stereocenters. The van der Waals surface area contributed by atoms with E-state index in [1.54, 1.807) is 0 Å². The Morgan fingerprint density at radius 1 is 1.00 bits per heavy atom. The van der Waals surface area contributed by atoms with E-state index in [0.29, 0.717) is 6.61 Å². The van der Waals surface area contributed by atoms with E-state index in [-0.39, 0.29) is 6.10 Å². The number of fused-ring (bicyclic) bond motifs is 1. The summed E-state index contributed by atoms with van der Waals surface area (Å²) in [6.45, 7) is 0.700. The minimum Gasteiger partial charge on any atom is -0.399 e. The summed E-state index contributed by atoms with van der Waals surface area (Å²) in [4.78, 5) is 0. The minimum atomic E-state index is 0.0665. The predicted octanol–water partition coefficient (Wildman–Crippen LogP) is 2.89. The van der Waals surface area contributed by atoms with E-state index in [1.165, 1.54) is 16.7 Å². The first-order chi connectivity index (χ1) is 7.84. The molecule has 2 aromatic rings. The van der Waals surface area contributed by atoms with Crippen molar-refractivity contribution in [3.05, 3.63) is 65.2 Å². The Morgan fingerprint density at radius 2 is 1.75 bits per heavy atom. The van der Waals surface area contributed by atoms with Crippen molar-refractivity contribution < 1.29 is 4.74 Å². The highest BCUT2D eigenvalue weighted by molar-refractivity contribution is 5.44. The number of nitrogen functional groups attached to an aromatic ring is 1. The maximum atomic E-state index is 5.81. The lowest BCUT2D eigenvalue weighted by Gasteiger charge is -2.11. The third-order valence-corrected chi connectivity index (χ3v) is 2.98. The van der Waals surface area contributed by atoms with Gasteiger partial charge in [-0.1, -0.05) is 36.4 Å². The summed E-state index contributed by atoms with van der Waals surface area (Å²) in [6, 6.07) is 16.2. The van der Waals surface area contributed by atoms with Crippen LogP contribution in [0.1, 0.15) is 22.8 Å². The van der Waals surface area contributed by atoms with Crippen LogP contribution in [0.25, 0.3) is 0 Å². The number of nitrogens with two attached hydrogens (primary N) is 1. The fourth-order valence-electron chi connectivity index (χ4n) is 2.13. The van der Waals surface area contributed by atoms with Crippen molar-refractivity contribution in [2.75, 3.05) is 5.73 Å². The van der Waals surface area contributed by atoms with E-state index in [2.05, 4.69) is 18.2 Å². The zero-order chi connectivity index (χ0) is 11.0. The fourth-order valence-corrected chi connectivity index (χ4v) is 2.13. The largest absolute Gasteiger partial charge is 0.399 e. The van der Waals surface area contributed by atoms with Crippen LogP contribution in [-0.2, 0) is 11.3 Å². The molecule has 0 saturated carbocycles. The molecule has 0 saturated heterocycles. The maximum Gasteiger partial charge on any atom is 0.108 e. The van der Waals surface area contributed by atoms with Crippen LogP contribution in [0, 0.1) is 0 Å². The molecule has 0 amide bonds. The standard InChI is InChI=1S/C14H13NO/c15-12-7-5-10(6-8-12)14-13-4-2-1-3-11(13)9-16-14/h1-8,14H,9,15H2. The molecule has 16 heavy (non-hydrogen) atoms. The van der Waals surface area contributed by atoms with Gasteiger partial charge in [-0.3, -0.25) is 0 Å². The predicted molar refractivity (Wildman–Crippen MR) is 63.9 cm³/mol. The molecular weight excluding hydrogens is 198 g/mol. The van der Waals surface area contributed by atoms with Crippen LogP contribution in [0.4, 0.5) is 5.69 Å². The Bertz CT molecular complexity index is 504. The van der Waals surface area contributed by atoms with Gasteiger partial charge in [-0.25, -0.2) is 0 Å². The number of ether oxygens (including phenoxy) is 1. The summed E-state index contributed by atoms with van der Waals surface area (Å²) in [5.41, 5.74) is 10.2. The highest BCUT2D eigenvalue weighted by Crippen LogP contribution is 2.35. The van der Waals surface area contributed by atoms with E-state index >= 15 is 0 Å². The topological polar surface area (TPSA) is 35.2 Å². The Kier molecular flexibility index (Phi) is 2.15. The van der Waals surface area contributed by atoms with Crippen molar-refractivity contribution in [2.45, 2.75) is 12.7 Å². The molecule has 0 aliphatic carbocycles. The van der Waals surface area contributed by atoms with Gasteiger partial charge in [0, 0.05) is 5.69 Å². The van der Waals surface area contributed by atoms with E-state index in [1.807, 2.05) is 30.3 Å². The first-order valence-electron chi connectivity index (χ1n) is 5.39. The number of hydrogen-bond acceptors (Lipinski definition) is 2. The molecule has 2 heteroatoms. The van der Waals surface area contributed by atoms with Crippen LogP contribution >= 0.6 is 0 Å². The van der Waals surface area contributed by atoms with Crippen molar-refractivity contribution in [1.82, 2.24) is 0 Å². The van der Waals surface area contributed by atoms with E-state index in [9.17, 15) is 0 Å². The second kappa shape index (κ2) is 3.65. The summed E-state index contributed by atoms with van der Waals surface area (Å²) in [5.74, 6) is 0. The van der Waals surface area contributed by atoms with Gasteiger partial charge in [0.05, 0.1) is 6.61 Å². The first-order valence-corrected chi connectivity index (χ1v) is 5.39. The van der Waals surface area contributed by atoms with Crippen LogP contribution in [0.3, 0.4) is 0 Å². The van der Waals surface area contributed by atoms with Gasteiger partial charge in [-0.05, 0) is 28.8 Å². The van der Waals surface area contributed by atoms with Gasteiger partial charge in [-0.15, -0.1) is 0 Å². The molecule has 0 spiro atoms. The highest BCUT2D eigenvalue weighted by atomic mass is 16.5. The van der Waals surface area contributed by atoms with Crippen LogP contribution in [0.5, 0.6) is 0 Å². The summed E-state index contributed by atoms with van der Waals surface area (Å²) >= 11 is 0. The SMILES string of the molecule is Nc1ccc(C2OCc3ccccc32)cc1. The lowest BCUT2D eigenvalue weighted by molar-refractivity contribution is 0.0939. The van der Waals surface area contributed by atoms with Crippen molar-refractivity contribution >= 4 is 5.69 Å². The number of anilines is 1. The fraction of sp³-hybridized carbons (Fsp3) is 0.143. The Labute approximate surface area is 94.7 Å². The van der Waals surface area contributed by atoms with Crippen LogP contribution in [0.15, 0.2) is 48.5 Å². The highest BCUT2D eigenvalue weighted by Gasteiger charge is 2.23. The lowest BCUT2D eigenvalue weighted by Crippen LogP contribution is -1.98. The molecule has 0 fully saturated rings. The lowest BCUT2D eigenvalue weighted by atomic mass is 9.99. The molecule has 0 aromatic heterocycles. The molecule has 1 atom stereocenters. The van der Waals surface area contributed by atoms with E-state index in [4.69, 9.17) is 10.5 Å². The molecule has 80 valence electrons. The Balaban J connectivity index is 2.01. The van der Waals surface area contributed by atoms with Gasteiger partial charge in [0.25, 0.3) is 0 Å². The van der Waals surface area contributed by atoms with Crippen molar-refractivity contribution in [1.29, 1.82) is 0 Å². The summed E-state index contributed by atoms with van der Waals surface area (Å²) in [5, 5.41) is 0. The van der Waals surface area contributed by atoms with Crippen LogP contribution in [-0.4, -0.2) is 0 Å². The van der Waals surface area contributed by atoms with Gasteiger partial charge in [-0.2, -0.15) is 0 Å². The number of benzene rings is 2. The zero-order valence-electron chi connectivity index (χ0n) is 8.89. The van der Waals surface area contributed by atoms with E-state index < -0.39 is 0 Å². The second-order valence-corrected chi connectivity index (χ2v) is 4.06. The molecule has 1 heterocycles. The monoisotopic (exact) mass is 211 g/mol. The summed E-state index contributed by atoms with van der Waals surface area (Å²) in [7, 11) is 0. The Hall–Kier alpha value is -1.80. The minimum absolute atomic E-state index is 0.0665. The van der Waals surface area contributed by atoms with Crippen molar-refractivity contribution in [3.63, 3.8) is 0 Å². The van der Waals surface area contributed by atoms with Gasteiger partial charge >= 0.3 is 0 Å². The third-order valence-electron chi connectivity index (χ3n) is 2.98. The van der Waals surface area contributed by atoms with Gasteiger partial charge in [0.1, 0.15) is 6.10 Å². The van der Waals surface area contributed by atoms with Crippen molar-refractivity contribution in [2.24, 2.45) is 0 Å². The van der Waals surface area contributed by atoms with Gasteiger partial charge in [0.15, 0.2) is 0 Å². The molecule has 1 aliphatic heterocycles. The quantitative estimate of drug-likeness (QED) is 0.736. The molecule has 2 aromatic carbocycles. The average Bonchev–Trinajstić information content (AvgIpc) is 2.74. The molecule has 3 rings (SSSR count). The van der Waals surface area contributed by atoms with Gasteiger partial charge < -0.3 is 10.5 Å². The summed E-state index contributed by atoms with van der Waals surface area (Å²) < 4.78 is 5.81. The molecular formula is C14H13NO. The van der Waals surface area contributed by atoms with Gasteiger partial charge in [0.2, 0.25) is 0 Å². The molecule has 0 radical (unpaired) electrons. The third kappa shape index (κ3) is 1.48. The maximum absolute atomic E-state index is 5.81. The molecule has 1 aliphatic rings. The molecule has 2 nitrogen and oxygen atoms in total. The second-order valence-electron chi connectivity index (χ2n) is 4.06. The zero-order valence-corrected chi connectivity index (χ0v) is 8.89. The molecule has 0 bridgehead atoms. The normalized spacial score (nSPS) is 18.4. The number of hydrogen-bond donors (Lipinski definition) is 1. The van der Waals surface area contributed by atoms with Crippen LogP contribution < -0.4 is 5.73 Å². The van der Waals surface area contributed by atoms with Crippen LogP contribution in [0.2, 0.25) is 0 Å². The van der Waals surface area contributed by atoms with E-state index in [0.717, 1.165) is 5.69 Å². The number of rotatable bonds is 1.